The molecule has 3 aliphatic rings. The molecule has 0 saturated carbocycles. The van der Waals surface area contributed by atoms with Crippen LogP contribution in [0.4, 0.5) is 4.79 Å². The Morgan fingerprint density at radius 3 is 2.46 bits per heavy atom. The van der Waals surface area contributed by atoms with Gasteiger partial charge >= 0.3 is 6.09 Å². The predicted molar refractivity (Wildman–Crippen MR) is 201 cm³/mol. The van der Waals surface area contributed by atoms with Crippen molar-refractivity contribution < 1.29 is 37.8 Å². The maximum absolute atomic E-state index is 12.7. The van der Waals surface area contributed by atoms with Crippen LogP contribution in [0.15, 0.2) is 36.0 Å². The minimum Gasteiger partial charge on any atom is -0.442 e. The van der Waals surface area contributed by atoms with Crippen LogP contribution in [0, 0.1) is 5.92 Å². The first-order chi connectivity index (χ1) is 23.3. The highest BCUT2D eigenvalue weighted by Crippen LogP contribution is 2.48. The lowest BCUT2D eigenvalue weighted by Crippen LogP contribution is -2.57. The Morgan fingerprint density at radius 1 is 1.18 bits per heavy atom. The molecule has 3 fully saturated rings. The number of nitrogens with zero attached hydrogens (tertiary/aromatic N) is 1. The Bertz CT molecular complexity index is 1260. The Kier molecular flexibility index (Phi) is 15.3. The van der Waals surface area contributed by atoms with E-state index in [0.29, 0.717) is 19.6 Å². The number of allylic oxidation sites excluding steroid dienone is 2. The number of carbonyl (C=O) groups excluding carboxylic acids is 3. The van der Waals surface area contributed by atoms with E-state index in [-0.39, 0.29) is 65.8 Å². The average molecular weight is 738 g/mol. The molecule has 0 unspecified atom stereocenters. The molecule has 0 aromatic carbocycles. The van der Waals surface area contributed by atoms with Crippen LogP contribution in [-0.2, 0) is 33.0 Å². The number of rotatable bonds is 15. The van der Waals surface area contributed by atoms with Crippen LogP contribution in [0.25, 0.3) is 0 Å². The van der Waals surface area contributed by atoms with E-state index >= 15 is 0 Å². The molecule has 1 spiro atoms. The second kappa shape index (κ2) is 18.0. The molecule has 3 amide bonds. The van der Waals surface area contributed by atoms with Gasteiger partial charge in [0.25, 0.3) is 0 Å². The summed E-state index contributed by atoms with van der Waals surface area (Å²) in [7, 11) is -0.453. The van der Waals surface area contributed by atoms with E-state index in [1.165, 1.54) is 11.0 Å². The number of primary amides is 1. The number of carbonyl (C=O) groups is 3. The van der Waals surface area contributed by atoms with Gasteiger partial charge in [0.1, 0.15) is 23.9 Å². The van der Waals surface area contributed by atoms with Gasteiger partial charge in [0.2, 0.25) is 11.8 Å². The zero-order valence-corrected chi connectivity index (χ0v) is 34.0. The molecule has 3 N–H and O–H groups in total. The summed E-state index contributed by atoms with van der Waals surface area (Å²) in [5, 5.41) is 3.08. The first-order valence-corrected chi connectivity index (χ1v) is 22.2. The molecule has 0 radical (unpaired) electrons. The molecule has 0 bridgehead atoms. The van der Waals surface area contributed by atoms with Crippen molar-refractivity contribution in [2.45, 2.75) is 141 Å². The molecular weight excluding hydrogens is 675 g/mol. The summed E-state index contributed by atoms with van der Waals surface area (Å²) in [6.45, 7) is 20.2. The molecule has 284 valence electrons. The van der Waals surface area contributed by atoms with Gasteiger partial charge in [0.15, 0.2) is 8.32 Å². The number of hydrogen-bond donors (Lipinski definition) is 2. The Labute approximate surface area is 305 Å². The van der Waals surface area contributed by atoms with E-state index in [1.807, 2.05) is 19.3 Å². The zero-order valence-electron chi connectivity index (χ0n) is 32.2. The number of hydrogen-bond acceptors (Lipinski definition) is 9. The summed E-state index contributed by atoms with van der Waals surface area (Å²) >= 11 is 1.66. The second-order valence-corrected chi connectivity index (χ2v) is 21.6. The smallest absolute Gasteiger partial charge is 0.410 e. The van der Waals surface area contributed by atoms with Crippen molar-refractivity contribution in [3.05, 3.63) is 36.0 Å². The second-order valence-electron chi connectivity index (χ2n) is 15.9. The first-order valence-electron chi connectivity index (χ1n) is 17.9. The fraction of sp³-hybridized carbons (Fsp3) is 0.757. The Morgan fingerprint density at radius 2 is 1.86 bits per heavy atom. The highest BCUT2D eigenvalue weighted by molar-refractivity contribution is 7.98. The summed E-state index contributed by atoms with van der Waals surface area (Å²) in [5.74, 6) is 0.414. The van der Waals surface area contributed by atoms with E-state index in [4.69, 9.17) is 29.1 Å². The molecule has 3 saturated heterocycles. The quantitative estimate of drug-likeness (QED) is 0.0931. The lowest BCUT2D eigenvalue weighted by molar-refractivity contribution is -0.140. The summed E-state index contributed by atoms with van der Waals surface area (Å²) in [4.78, 5) is 38.2. The van der Waals surface area contributed by atoms with Crippen molar-refractivity contribution in [1.29, 1.82) is 0 Å². The highest BCUT2D eigenvalue weighted by Gasteiger charge is 2.61. The van der Waals surface area contributed by atoms with Crippen LogP contribution >= 0.6 is 11.8 Å². The maximum atomic E-state index is 12.7. The van der Waals surface area contributed by atoms with E-state index in [2.05, 4.69) is 65.2 Å². The van der Waals surface area contributed by atoms with Crippen LogP contribution < -0.4 is 11.1 Å². The molecule has 0 aromatic heterocycles. The minimum atomic E-state index is -2.15. The molecule has 11 nitrogen and oxygen atoms in total. The van der Waals surface area contributed by atoms with Crippen molar-refractivity contribution in [1.82, 2.24) is 10.2 Å². The largest absolute Gasteiger partial charge is 0.442 e. The van der Waals surface area contributed by atoms with Gasteiger partial charge in [-0.2, -0.15) is 11.8 Å². The van der Waals surface area contributed by atoms with Gasteiger partial charge in [-0.1, -0.05) is 51.5 Å². The lowest BCUT2D eigenvalue weighted by atomic mass is 9.87. The van der Waals surface area contributed by atoms with Gasteiger partial charge in [0.05, 0.1) is 37.4 Å². The average Bonchev–Trinajstić information content (AvgIpc) is 3.78. The molecule has 9 atom stereocenters. The molecule has 3 aliphatic heterocycles. The molecular formula is C37H63N3O8SSi. The van der Waals surface area contributed by atoms with Crippen LogP contribution in [0.2, 0.25) is 18.1 Å². The van der Waals surface area contributed by atoms with Crippen molar-refractivity contribution >= 4 is 38.0 Å². The number of nitrogens with one attached hydrogen (secondary N) is 1. The van der Waals surface area contributed by atoms with Crippen LogP contribution in [0.3, 0.4) is 0 Å². The lowest BCUT2D eigenvalue weighted by Gasteiger charge is -2.46. The minimum absolute atomic E-state index is 0.00301. The highest BCUT2D eigenvalue weighted by atomic mass is 32.2. The third-order valence-electron chi connectivity index (χ3n) is 10.4. The SMILES string of the molecule is CSCCN(C)C(=O)O[C@@H](C)C=CC(=O)N[C@@H]1C[C@H](C)[C@H](CC=C(C)C=C[C@H]2O[C@H](CC(N)=O)C[C@@]3(CO3)[C@@H]2O[Si](C)(C)C(C)(C)C)O[C@@H]1C. The van der Waals surface area contributed by atoms with Gasteiger partial charge in [-0.3, -0.25) is 9.59 Å². The summed E-state index contributed by atoms with van der Waals surface area (Å²) in [6.07, 6.45) is 11.4. The van der Waals surface area contributed by atoms with Crippen molar-refractivity contribution in [2.24, 2.45) is 11.7 Å². The van der Waals surface area contributed by atoms with Gasteiger partial charge < -0.3 is 39.3 Å². The topological polar surface area (TPSA) is 142 Å². The molecule has 13 heteroatoms. The van der Waals surface area contributed by atoms with Crippen LogP contribution in [0.5, 0.6) is 0 Å². The maximum Gasteiger partial charge on any atom is 0.410 e. The fourth-order valence-electron chi connectivity index (χ4n) is 6.07. The van der Waals surface area contributed by atoms with Gasteiger partial charge in [-0.25, -0.2) is 4.79 Å². The molecule has 3 heterocycles. The Balaban J connectivity index is 1.57. The number of nitrogens with two attached hydrogens (primary N) is 1. The Hall–Kier alpha value is -2.16. The third-order valence-corrected chi connectivity index (χ3v) is 15.5. The van der Waals surface area contributed by atoms with E-state index in [0.717, 1.165) is 24.2 Å². The number of amides is 3. The third kappa shape index (κ3) is 12.2. The van der Waals surface area contributed by atoms with Crippen molar-refractivity contribution in [2.75, 3.05) is 32.2 Å². The number of ether oxygens (including phenoxy) is 4. The summed E-state index contributed by atoms with van der Waals surface area (Å²) in [6, 6.07) is -0.134. The zero-order chi connectivity index (χ0) is 37.4. The van der Waals surface area contributed by atoms with Gasteiger partial charge in [-0.15, -0.1) is 0 Å². The number of thioether (sulfide) groups is 1. The van der Waals surface area contributed by atoms with E-state index < -0.39 is 26.1 Å². The van der Waals surface area contributed by atoms with Crippen molar-refractivity contribution in [3.8, 4) is 0 Å². The molecule has 3 rings (SSSR count). The van der Waals surface area contributed by atoms with Crippen LogP contribution in [0.1, 0.15) is 74.1 Å². The predicted octanol–water partition coefficient (Wildman–Crippen LogP) is 5.75. The first kappa shape index (κ1) is 42.3. The van der Waals surface area contributed by atoms with E-state index in [9.17, 15) is 14.4 Å². The van der Waals surface area contributed by atoms with Crippen LogP contribution in [-0.4, -0.2) is 112 Å². The molecule has 50 heavy (non-hydrogen) atoms. The molecule has 0 aliphatic carbocycles. The van der Waals surface area contributed by atoms with Crippen molar-refractivity contribution in [3.63, 3.8) is 0 Å². The summed E-state index contributed by atoms with van der Waals surface area (Å²) in [5.41, 5.74) is 6.16. The fourth-order valence-corrected chi connectivity index (χ4v) is 7.86. The van der Waals surface area contributed by atoms with E-state index in [1.54, 1.807) is 31.8 Å². The monoisotopic (exact) mass is 737 g/mol. The van der Waals surface area contributed by atoms with Gasteiger partial charge in [0, 0.05) is 31.8 Å². The normalized spacial score (nSPS) is 31.2. The van der Waals surface area contributed by atoms with Gasteiger partial charge in [-0.05, 0) is 70.0 Å². The summed E-state index contributed by atoms with van der Waals surface area (Å²) < 4.78 is 31.2. The standard InChI is InChI=1S/C37H63N3O8SSi/c1-24(13-16-31-34(48-50(10,11)36(5,6)7)37(23-44-37)22-28(47-31)21-32(38)41)12-15-30-25(2)20-29(27(4)46-30)39-33(42)17-14-26(3)45-35(43)40(8)18-19-49-9/h12-14,16-17,25-31,34H,15,18-23H2,1-11H3,(H2,38,41)(H,39,42)/t25-,26-,27+,28+,29+,30-,31+,34+,37+/m0/s1. The number of epoxide rings is 1. The molecule has 0 aromatic rings.